The Kier molecular flexibility index (Phi) is 2.52. The van der Waals surface area contributed by atoms with E-state index in [1.54, 1.807) is 0 Å². The number of hydrogen-bond donors (Lipinski definition) is 0. The fraction of sp³-hybridized carbons (Fsp3) is 1.00. The molecule has 2 bridgehead atoms. The third-order valence-electron chi connectivity index (χ3n) is 4.81. The molecule has 0 spiro atoms. The molecular formula is C13H23NO. The van der Waals surface area contributed by atoms with Crippen molar-refractivity contribution in [2.24, 2.45) is 11.8 Å². The first-order valence-corrected chi connectivity index (χ1v) is 6.61. The predicted molar refractivity (Wildman–Crippen MR) is 60.8 cm³/mol. The standard InChI is InChI=1S/C13H23NO/c1-9(2)10-5-11-3-4-12(6-10)14(11)13-7-15-8-13/h9-13H,3-8H2,1-2H3. The molecule has 3 rings (SSSR count). The molecule has 86 valence electrons. The summed E-state index contributed by atoms with van der Waals surface area (Å²) in [6.07, 6.45) is 5.80. The van der Waals surface area contributed by atoms with Crippen LogP contribution in [0, 0.1) is 11.8 Å². The quantitative estimate of drug-likeness (QED) is 0.692. The number of fused-ring (bicyclic) bond motifs is 2. The fourth-order valence-corrected chi connectivity index (χ4v) is 3.79. The zero-order chi connectivity index (χ0) is 10.4. The van der Waals surface area contributed by atoms with Gasteiger partial charge in [0.25, 0.3) is 0 Å². The van der Waals surface area contributed by atoms with E-state index >= 15 is 0 Å². The van der Waals surface area contributed by atoms with Crippen LogP contribution in [0.5, 0.6) is 0 Å². The van der Waals surface area contributed by atoms with Gasteiger partial charge in [-0.1, -0.05) is 13.8 Å². The first-order chi connectivity index (χ1) is 7.25. The van der Waals surface area contributed by atoms with Crippen molar-refractivity contribution in [3.8, 4) is 0 Å². The SMILES string of the molecule is CC(C)C1CC2CCC(C1)N2C1COC1. The molecule has 0 aromatic carbocycles. The molecule has 0 aliphatic carbocycles. The lowest BCUT2D eigenvalue weighted by atomic mass is 9.82. The summed E-state index contributed by atoms with van der Waals surface area (Å²) in [7, 11) is 0. The first kappa shape index (κ1) is 10.1. The number of piperidine rings is 1. The molecule has 3 heterocycles. The number of nitrogens with zero attached hydrogens (tertiary/aromatic N) is 1. The average Bonchev–Trinajstić information content (AvgIpc) is 2.39. The summed E-state index contributed by atoms with van der Waals surface area (Å²) in [5.41, 5.74) is 0. The van der Waals surface area contributed by atoms with Crippen LogP contribution in [0.2, 0.25) is 0 Å². The molecule has 15 heavy (non-hydrogen) atoms. The zero-order valence-corrected chi connectivity index (χ0v) is 9.98. The molecule has 2 atom stereocenters. The van der Waals surface area contributed by atoms with Gasteiger partial charge in [0.15, 0.2) is 0 Å². The Morgan fingerprint density at radius 2 is 1.60 bits per heavy atom. The molecule has 0 N–H and O–H groups in total. The third kappa shape index (κ3) is 1.62. The largest absolute Gasteiger partial charge is 0.378 e. The van der Waals surface area contributed by atoms with Crippen LogP contribution < -0.4 is 0 Å². The molecule has 0 amide bonds. The van der Waals surface area contributed by atoms with E-state index in [0.29, 0.717) is 0 Å². The van der Waals surface area contributed by atoms with E-state index in [9.17, 15) is 0 Å². The molecule has 3 aliphatic heterocycles. The molecule has 3 fully saturated rings. The normalized spacial score (nSPS) is 42.2. The van der Waals surface area contributed by atoms with E-state index in [1.807, 2.05) is 0 Å². The monoisotopic (exact) mass is 209 g/mol. The van der Waals surface area contributed by atoms with E-state index < -0.39 is 0 Å². The Balaban J connectivity index is 1.69. The summed E-state index contributed by atoms with van der Waals surface area (Å²) >= 11 is 0. The van der Waals surface area contributed by atoms with Crippen LogP contribution in [-0.4, -0.2) is 36.2 Å². The number of ether oxygens (including phenoxy) is 1. The van der Waals surface area contributed by atoms with Crippen LogP contribution >= 0.6 is 0 Å². The van der Waals surface area contributed by atoms with Gasteiger partial charge >= 0.3 is 0 Å². The van der Waals surface area contributed by atoms with Crippen LogP contribution in [0.15, 0.2) is 0 Å². The number of hydrogen-bond acceptors (Lipinski definition) is 2. The summed E-state index contributed by atoms with van der Waals surface area (Å²) < 4.78 is 5.35. The molecule has 0 saturated carbocycles. The molecular weight excluding hydrogens is 186 g/mol. The van der Waals surface area contributed by atoms with E-state index in [0.717, 1.165) is 43.2 Å². The molecule has 0 radical (unpaired) electrons. The Labute approximate surface area is 93.0 Å². The Hall–Kier alpha value is -0.0800. The van der Waals surface area contributed by atoms with Crippen molar-refractivity contribution in [2.75, 3.05) is 13.2 Å². The Morgan fingerprint density at radius 3 is 2.00 bits per heavy atom. The van der Waals surface area contributed by atoms with Crippen molar-refractivity contribution in [1.82, 2.24) is 4.90 Å². The number of rotatable bonds is 2. The molecule has 2 unspecified atom stereocenters. The van der Waals surface area contributed by atoms with Gasteiger partial charge < -0.3 is 4.74 Å². The lowest BCUT2D eigenvalue weighted by Crippen LogP contribution is -2.57. The summed E-state index contributed by atoms with van der Waals surface area (Å²) in [5.74, 6) is 1.87. The minimum absolute atomic E-state index is 0.774. The molecule has 2 heteroatoms. The molecule has 0 aromatic rings. The molecule has 3 aliphatic rings. The van der Waals surface area contributed by atoms with Crippen LogP contribution in [0.3, 0.4) is 0 Å². The second kappa shape index (κ2) is 3.74. The Morgan fingerprint density at radius 1 is 1.00 bits per heavy atom. The van der Waals surface area contributed by atoms with Crippen molar-refractivity contribution in [3.05, 3.63) is 0 Å². The summed E-state index contributed by atoms with van der Waals surface area (Å²) in [6, 6.07) is 2.56. The first-order valence-electron chi connectivity index (χ1n) is 6.61. The van der Waals surface area contributed by atoms with E-state index in [4.69, 9.17) is 4.74 Å². The molecule has 0 aromatic heterocycles. The van der Waals surface area contributed by atoms with Crippen LogP contribution in [0.4, 0.5) is 0 Å². The van der Waals surface area contributed by atoms with Crippen molar-refractivity contribution in [1.29, 1.82) is 0 Å². The second-order valence-corrected chi connectivity index (χ2v) is 6.00. The second-order valence-electron chi connectivity index (χ2n) is 6.00. The molecule has 2 nitrogen and oxygen atoms in total. The fourth-order valence-electron chi connectivity index (χ4n) is 3.79. The van der Waals surface area contributed by atoms with Gasteiger partial charge in [-0.3, -0.25) is 4.90 Å². The van der Waals surface area contributed by atoms with Gasteiger partial charge in [-0.2, -0.15) is 0 Å². The van der Waals surface area contributed by atoms with Crippen molar-refractivity contribution in [3.63, 3.8) is 0 Å². The maximum absolute atomic E-state index is 5.35. The van der Waals surface area contributed by atoms with E-state index in [-0.39, 0.29) is 0 Å². The molecule has 3 saturated heterocycles. The zero-order valence-electron chi connectivity index (χ0n) is 9.98. The highest BCUT2D eigenvalue weighted by Crippen LogP contribution is 2.43. The van der Waals surface area contributed by atoms with Crippen molar-refractivity contribution < 1.29 is 4.74 Å². The van der Waals surface area contributed by atoms with Crippen molar-refractivity contribution in [2.45, 2.75) is 57.7 Å². The lowest BCUT2D eigenvalue weighted by Gasteiger charge is -2.47. The highest BCUT2D eigenvalue weighted by molar-refractivity contribution is 4.99. The third-order valence-corrected chi connectivity index (χ3v) is 4.81. The van der Waals surface area contributed by atoms with Gasteiger partial charge in [-0.15, -0.1) is 0 Å². The maximum atomic E-state index is 5.35. The van der Waals surface area contributed by atoms with Crippen molar-refractivity contribution >= 4 is 0 Å². The topological polar surface area (TPSA) is 12.5 Å². The highest BCUT2D eigenvalue weighted by Gasteiger charge is 2.45. The van der Waals surface area contributed by atoms with Gasteiger partial charge in [0.2, 0.25) is 0 Å². The lowest BCUT2D eigenvalue weighted by molar-refractivity contribution is -0.0985. The average molecular weight is 209 g/mol. The predicted octanol–water partition coefficient (Wildman–Crippen LogP) is 2.28. The van der Waals surface area contributed by atoms with Gasteiger partial charge in [0.05, 0.1) is 19.3 Å². The summed E-state index contributed by atoms with van der Waals surface area (Å²) in [5, 5.41) is 0. The van der Waals surface area contributed by atoms with Crippen LogP contribution in [0.25, 0.3) is 0 Å². The van der Waals surface area contributed by atoms with Gasteiger partial charge in [-0.25, -0.2) is 0 Å². The maximum Gasteiger partial charge on any atom is 0.0645 e. The summed E-state index contributed by atoms with van der Waals surface area (Å²) in [4.78, 5) is 2.81. The van der Waals surface area contributed by atoms with Crippen LogP contribution in [-0.2, 0) is 4.74 Å². The van der Waals surface area contributed by atoms with Gasteiger partial charge in [0, 0.05) is 12.1 Å². The van der Waals surface area contributed by atoms with Gasteiger partial charge in [0.1, 0.15) is 0 Å². The minimum Gasteiger partial charge on any atom is -0.378 e. The van der Waals surface area contributed by atoms with Crippen LogP contribution in [0.1, 0.15) is 39.5 Å². The van der Waals surface area contributed by atoms with Gasteiger partial charge in [-0.05, 0) is 37.5 Å². The minimum atomic E-state index is 0.774. The smallest absolute Gasteiger partial charge is 0.0645 e. The Bertz CT molecular complexity index is 223. The highest BCUT2D eigenvalue weighted by atomic mass is 16.5. The van der Waals surface area contributed by atoms with E-state index in [2.05, 4.69) is 18.7 Å². The van der Waals surface area contributed by atoms with E-state index in [1.165, 1.54) is 25.7 Å². The summed E-state index contributed by atoms with van der Waals surface area (Å²) in [6.45, 7) is 6.79.